The Morgan fingerprint density at radius 2 is 1.94 bits per heavy atom. The summed E-state index contributed by atoms with van der Waals surface area (Å²) in [6, 6.07) is 9.69. The average molecular weight is 454 g/mol. The van der Waals surface area contributed by atoms with E-state index in [0.717, 1.165) is 35.8 Å². The zero-order valence-electron chi connectivity index (χ0n) is 19.3. The number of amides is 1. The van der Waals surface area contributed by atoms with Crippen molar-refractivity contribution in [2.75, 3.05) is 20.3 Å². The number of methoxy groups -OCH3 is 1. The molecule has 9 nitrogen and oxygen atoms in total. The standard InChI is InChI=1S/C24H31N5O4/c1-3-19-11-7-8-12-27(19)20(30)16-29-23(31)21-22(25-17-26(21)13-14-33-2)28(24(29)32)15-18-9-5-4-6-10-18/h4-6,9-10,17,19H,3,7-8,11-16H2,1-2H3. The van der Waals surface area contributed by atoms with Gasteiger partial charge in [-0.2, -0.15) is 0 Å². The number of hydrogen-bond acceptors (Lipinski definition) is 5. The molecule has 1 aliphatic rings. The number of benzene rings is 1. The van der Waals surface area contributed by atoms with Crippen molar-refractivity contribution in [3.05, 3.63) is 63.1 Å². The summed E-state index contributed by atoms with van der Waals surface area (Å²) in [6.45, 7) is 3.53. The number of likely N-dealkylation sites (tertiary alicyclic amines) is 1. The Bertz CT molecular complexity index is 1230. The van der Waals surface area contributed by atoms with E-state index in [4.69, 9.17) is 4.74 Å². The molecular formula is C24H31N5O4. The van der Waals surface area contributed by atoms with E-state index in [9.17, 15) is 14.4 Å². The van der Waals surface area contributed by atoms with E-state index in [0.29, 0.717) is 30.9 Å². The van der Waals surface area contributed by atoms with Crippen LogP contribution in [0.15, 0.2) is 46.2 Å². The van der Waals surface area contributed by atoms with E-state index >= 15 is 0 Å². The van der Waals surface area contributed by atoms with Gasteiger partial charge in [0.1, 0.15) is 6.54 Å². The van der Waals surface area contributed by atoms with E-state index in [2.05, 4.69) is 11.9 Å². The Labute approximate surface area is 192 Å². The molecule has 4 rings (SSSR count). The Kier molecular flexibility index (Phi) is 7.08. The van der Waals surface area contributed by atoms with Crippen LogP contribution in [0.25, 0.3) is 11.2 Å². The second kappa shape index (κ2) is 10.2. The lowest BCUT2D eigenvalue weighted by molar-refractivity contribution is -0.135. The number of rotatable bonds is 8. The zero-order valence-corrected chi connectivity index (χ0v) is 19.3. The first-order valence-electron chi connectivity index (χ1n) is 11.6. The monoisotopic (exact) mass is 453 g/mol. The van der Waals surface area contributed by atoms with Gasteiger partial charge in [-0.05, 0) is 31.2 Å². The summed E-state index contributed by atoms with van der Waals surface area (Å²) in [5, 5.41) is 0. The van der Waals surface area contributed by atoms with Crippen molar-refractivity contribution in [2.24, 2.45) is 0 Å². The molecule has 1 fully saturated rings. The van der Waals surface area contributed by atoms with Crippen LogP contribution in [-0.2, 0) is 29.2 Å². The third-order valence-corrected chi connectivity index (χ3v) is 6.42. The predicted molar refractivity (Wildman–Crippen MR) is 125 cm³/mol. The smallest absolute Gasteiger partial charge is 0.333 e. The maximum atomic E-state index is 13.5. The van der Waals surface area contributed by atoms with Gasteiger partial charge in [-0.1, -0.05) is 37.3 Å². The molecular weight excluding hydrogens is 422 g/mol. The van der Waals surface area contributed by atoms with Gasteiger partial charge in [0.2, 0.25) is 5.91 Å². The maximum absolute atomic E-state index is 13.5. The fraction of sp³-hybridized carbons (Fsp3) is 0.500. The van der Waals surface area contributed by atoms with Crippen LogP contribution >= 0.6 is 0 Å². The lowest BCUT2D eigenvalue weighted by Crippen LogP contribution is -2.49. The van der Waals surface area contributed by atoms with Gasteiger partial charge >= 0.3 is 5.69 Å². The van der Waals surface area contributed by atoms with Gasteiger partial charge in [-0.25, -0.2) is 14.3 Å². The van der Waals surface area contributed by atoms with Crippen LogP contribution in [0.1, 0.15) is 38.2 Å². The van der Waals surface area contributed by atoms with Crippen LogP contribution < -0.4 is 11.2 Å². The van der Waals surface area contributed by atoms with Crippen LogP contribution in [-0.4, -0.2) is 55.8 Å². The molecule has 3 aromatic rings. The van der Waals surface area contributed by atoms with Gasteiger partial charge in [0.15, 0.2) is 11.2 Å². The molecule has 1 saturated heterocycles. The molecule has 1 aliphatic heterocycles. The summed E-state index contributed by atoms with van der Waals surface area (Å²) in [7, 11) is 1.59. The molecule has 0 saturated carbocycles. The molecule has 9 heteroatoms. The number of fused-ring (bicyclic) bond motifs is 1. The van der Waals surface area contributed by atoms with Crippen molar-refractivity contribution in [1.29, 1.82) is 0 Å². The zero-order chi connectivity index (χ0) is 23.4. The minimum absolute atomic E-state index is 0.157. The Morgan fingerprint density at radius 3 is 2.67 bits per heavy atom. The number of piperidine rings is 1. The Balaban J connectivity index is 1.80. The third kappa shape index (κ3) is 4.64. The summed E-state index contributed by atoms with van der Waals surface area (Å²) in [5.41, 5.74) is 0.517. The highest BCUT2D eigenvalue weighted by molar-refractivity contribution is 5.77. The second-order valence-electron chi connectivity index (χ2n) is 8.49. The SMILES string of the molecule is CCC1CCCCN1C(=O)Cn1c(=O)c2c(ncn2CCOC)n(Cc2ccccc2)c1=O. The summed E-state index contributed by atoms with van der Waals surface area (Å²) in [4.78, 5) is 46.4. The largest absolute Gasteiger partial charge is 0.383 e. The summed E-state index contributed by atoms with van der Waals surface area (Å²) >= 11 is 0. The number of aromatic nitrogens is 4. The molecule has 0 bridgehead atoms. The minimum Gasteiger partial charge on any atom is -0.383 e. The first-order valence-corrected chi connectivity index (χ1v) is 11.6. The third-order valence-electron chi connectivity index (χ3n) is 6.42. The number of ether oxygens (including phenoxy) is 1. The van der Waals surface area contributed by atoms with Crippen LogP contribution in [0.3, 0.4) is 0 Å². The first-order chi connectivity index (χ1) is 16.0. The van der Waals surface area contributed by atoms with Crippen LogP contribution in [0, 0.1) is 0 Å². The highest BCUT2D eigenvalue weighted by Gasteiger charge is 2.27. The molecule has 1 unspecified atom stereocenters. The van der Waals surface area contributed by atoms with E-state index < -0.39 is 11.2 Å². The normalized spacial score (nSPS) is 16.4. The van der Waals surface area contributed by atoms with Crippen molar-refractivity contribution in [2.45, 2.75) is 58.3 Å². The molecule has 2 aromatic heterocycles. The van der Waals surface area contributed by atoms with Crippen LogP contribution in [0.2, 0.25) is 0 Å². The number of nitrogens with zero attached hydrogens (tertiary/aromatic N) is 5. The Morgan fingerprint density at radius 1 is 1.15 bits per heavy atom. The lowest BCUT2D eigenvalue weighted by Gasteiger charge is -2.35. The van der Waals surface area contributed by atoms with E-state index in [1.807, 2.05) is 35.2 Å². The second-order valence-corrected chi connectivity index (χ2v) is 8.49. The minimum atomic E-state index is -0.522. The van der Waals surface area contributed by atoms with Gasteiger partial charge in [0, 0.05) is 26.2 Å². The summed E-state index contributed by atoms with van der Waals surface area (Å²) < 4.78 is 9.41. The van der Waals surface area contributed by atoms with Crippen LogP contribution in [0.4, 0.5) is 0 Å². The number of imidazole rings is 1. The fourth-order valence-electron chi connectivity index (χ4n) is 4.63. The van der Waals surface area contributed by atoms with Gasteiger partial charge in [0.25, 0.3) is 5.56 Å². The first kappa shape index (κ1) is 23.0. The fourth-order valence-corrected chi connectivity index (χ4v) is 4.63. The molecule has 1 aromatic carbocycles. The topological polar surface area (TPSA) is 91.4 Å². The highest BCUT2D eigenvalue weighted by atomic mass is 16.5. The molecule has 1 amide bonds. The maximum Gasteiger partial charge on any atom is 0.333 e. The molecule has 1 atom stereocenters. The quantitative estimate of drug-likeness (QED) is 0.519. The highest BCUT2D eigenvalue weighted by Crippen LogP contribution is 2.19. The van der Waals surface area contributed by atoms with Crippen LogP contribution in [0.5, 0.6) is 0 Å². The van der Waals surface area contributed by atoms with E-state index in [-0.39, 0.29) is 25.0 Å². The predicted octanol–water partition coefficient (Wildman–Crippen LogP) is 1.85. The van der Waals surface area contributed by atoms with Crippen molar-refractivity contribution in [1.82, 2.24) is 23.6 Å². The summed E-state index contributed by atoms with van der Waals surface area (Å²) in [5.74, 6) is -0.186. The number of carbonyl (C=O) groups is 1. The average Bonchev–Trinajstić information content (AvgIpc) is 3.27. The van der Waals surface area contributed by atoms with Gasteiger partial charge in [0.05, 0.1) is 19.5 Å². The molecule has 0 N–H and O–H groups in total. The molecule has 0 spiro atoms. The van der Waals surface area contributed by atoms with E-state index in [1.54, 1.807) is 18.0 Å². The lowest BCUT2D eigenvalue weighted by atomic mass is 10.00. The molecule has 3 heterocycles. The molecule has 0 radical (unpaired) electrons. The van der Waals surface area contributed by atoms with Crippen molar-refractivity contribution < 1.29 is 9.53 Å². The molecule has 0 aliphatic carbocycles. The Hall–Kier alpha value is -3.20. The van der Waals surface area contributed by atoms with Gasteiger partial charge < -0.3 is 14.2 Å². The van der Waals surface area contributed by atoms with Crippen molar-refractivity contribution >= 4 is 17.1 Å². The van der Waals surface area contributed by atoms with E-state index in [1.165, 1.54) is 4.57 Å². The molecule has 176 valence electrons. The number of hydrogen-bond donors (Lipinski definition) is 0. The van der Waals surface area contributed by atoms with Gasteiger partial charge in [-0.3, -0.25) is 14.2 Å². The number of carbonyl (C=O) groups excluding carboxylic acids is 1. The van der Waals surface area contributed by atoms with Crippen molar-refractivity contribution in [3.8, 4) is 0 Å². The van der Waals surface area contributed by atoms with Gasteiger partial charge in [-0.15, -0.1) is 0 Å². The summed E-state index contributed by atoms with van der Waals surface area (Å²) in [6.07, 6.45) is 5.41. The molecule has 33 heavy (non-hydrogen) atoms. The van der Waals surface area contributed by atoms with Crippen molar-refractivity contribution in [3.63, 3.8) is 0 Å².